The van der Waals surface area contributed by atoms with Crippen LogP contribution in [0.25, 0.3) is 0 Å². The van der Waals surface area contributed by atoms with Crippen LogP contribution in [-0.4, -0.2) is 24.1 Å². The summed E-state index contributed by atoms with van der Waals surface area (Å²) in [4.78, 5) is 23.4. The number of aliphatic carboxylic acids is 1. The summed E-state index contributed by atoms with van der Waals surface area (Å²) < 4.78 is 5.05. The molecule has 1 fully saturated rings. The van der Waals surface area contributed by atoms with Crippen molar-refractivity contribution in [1.82, 2.24) is 0 Å². The van der Waals surface area contributed by atoms with E-state index in [9.17, 15) is 14.7 Å². The number of carboxylic acid groups (broad SMARTS) is 1. The van der Waals surface area contributed by atoms with Gasteiger partial charge in [-0.05, 0) is 37.1 Å². The molecule has 0 aliphatic heterocycles. The van der Waals surface area contributed by atoms with Crippen molar-refractivity contribution in [2.75, 3.05) is 12.4 Å². The fourth-order valence-corrected chi connectivity index (χ4v) is 2.65. The predicted octanol–water partition coefficient (Wildman–Crippen LogP) is 2.52. The van der Waals surface area contributed by atoms with Gasteiger partial charge in [-0.1, -0.05) is 12.8 Å². The van der Waals surface area contributed by atoms with Crippen LogP contribution in [0.15, 0.2) is 24.3 Å². The number of nitrogens with one attached hydrogen (secondary N) is 1. The lowest BCUT2D eigenvalue weighted by molar-refractivity contribution is -0.147. The van der Waals surface area contributed by atoms with Crippen LogP contribution in [0.2, 0.25) is 0 Å². The molecule has 2 rings (SSSR count). The van der Waals surface area contributed by atoms with E-state index in [1.807, 2.05) is 0 Å². The van der Waals surface area contributed by atoms with Crippen LogP contribution in [0.4, 0.5) is 5.69 Å². The molecule has 2 atom stereocenters. The molecule has 20 heavy (non-hydrogen) atoms. The predicted molar refractivity (Wildman–Crippen MR) is 74.7 cm³/mol. The summed E-state index contributed by atoms with van der Waals surface area (Å²) in [5.41, 5.74) is 0.658. The van der Waals surface area contributed by atoms with E-state index in [1.54, 1.807) is 31.4 Å². The van der Waals surface area contributed by atoms with Crippen molar-refractivity contribution in [3.05, 3.63) is 24.3 Å². The Morgan fingerprint density at radius 2 is 1.75 bits per heavy atom. The number of benzene rings is 1. The maximum atomic E-state index is 12.2. The molecule has 5 heteroatoms. The van der Waals surface area contributed by atoms with E-state index in [0.717, 1.165) is 12.8 Å². The summed E-state index contributed by atoms with van der Waals surface area (Å²) in [6, 6.07) is 7.00. The molecule has 0 unspecified atom stereocenters. The van der Waals surface area contributed by atoms with Gasteiger partial charge in [0.2, 0.25) is 5.91 Å². The first-order valence-electron chi connectivity index (χ1n) is 6.79. The normalized spacial score (nSPS) is 22.1. The Labute approximate surface area is 117 Å². The highest BCUT2D eigenvalue weighted by Gasteiger charge is 2.35. The number of methoxy groups -OCH3 is 1. The van der Waals surface area contributed by atoms with Gasteiger partial charge in [0.15, 0.2) is 0 Å². The van der Waals surface area contributed by atoms with Crippen molar-refractivity contribution < 1.29 is 19.4 Å². The van der Waals surface area contributed by atoms with Gasteiger partial charge in [-0.2, -0.15) is 0 Å². The third-order valence-corrected chi connectivity index (χ3v) is 3.78. The molecule has 1 amide bonds. The van der Waals surface area contributed by atoms with Gasteiger partial charge >= 0.3 is 5.97 Å². The first kappa shape index (κ1) is 14.4. The molecular formula is C15H19NO4. The zero-order valence-electron chi connectivity index (χ0n) is 11.5. The summed E-state index contributed by atoms with van der Waals surface area (Å²) >= 11 is 0. The summed E-state index contributed by atoms with van der Waals surface area (Å²) in [6.07, 6.45) is 3.00. The highest BCUT2D eigenvalue weighted by Crippen LogP contribution is 2.31. The summed E-state index contributed by atoms with van der Waals surface area (Å²) in [6.45, 7) is 0. The molecule has 108 valence electrons. The minimum absolute atomic E-state index is 0.206. The van der Waals surface area contributed by atoms with Gasteiger partial charge in [0.25, 0.3) is 0 Å². The summed E-state index contributed by atoms with van der Waals surface area (Å²) in [5.74, 6) is -1.38. The molecule has 0 spiro atoms. The smallest absolute Gasteiger partial charge is 0.307 e. The lowest BCUT2D eigenvalue weighted by atomic mass is 9.78. The highest BCUT2D eigenvalue weighted by atomic mass is 16.5. The molecule has 0 heterocycles. The molecule has 1 aliphatic rings. The average molecular weight is 277 g/mol. The lowest BCUT2D eigenvalue weighted by Gasteiger charge is -2.27. The van der Waals surface area contributed by atoms with Crippen LogP contribution in [0.5, 0.6) is 5.75 Å². The molecule has 0 saturated heterocycles. The van der Waals surface area contributed by atoms with Crippen LogP contribution in [-0.2, 0) is 9.59 Å². The molecule has 2 N–H and O–H groups in total. The lowest BCUT2D eigenvalue weighted by Crippen LogP contribution is -2.36. The number of anilines is 1. The number of amides is 1. The van der Waals surface area contributed by atoms with Crippen LogP contribution >= 0.6 is 0 Å². The number of carbonyl (C=O) groups excluding carboxylic acids is 1. The van der Waals surface area contributed by atoms with Crippen molar-refractivity contribution in [2.45, 2.75) is 25.7 Å². The van der Waals surface area contributed by atoms with E-state index in [4.69, 9.17) is 4.74 Å². The van der Waals surface area contributed by atoms with E-state index in [2.05, 4.69) is 5.32 Å². The standard InChI is InChI=1S/C15H19NO4/c1-20-11-8-6-10(7-9-11)16-14(17)12-4-2-3-5-13(12)15(18)19/h6-9,12-13H,2-5H2,1H3,(H,16,17)(H,18,19)/t12-,13-/m1/s1. The second-order valence-electron chi connectivity index (χ2n) is 5.05. The number of carbonyl (C=O) groups is 2. The van der Waals surface area contributed by atoms with Crippen LogP contribution < -0.4 is 10.1 Å². The first-order valence-corrected chi connectivity index (χ1v) is 6.79. The molecule has 1 aromatic rings. The third-order valence-electron chi connectivity index (χ3n) is 3.78. The van der Waals surface area contributed by atoms with Crippen LogP contribution in [0.1, 0.15) is 25.7 Å². The Morgan fingerprint density at radius 3 is 2.30 bits per heavy atom. The van der Waals surface area contributed by atoms with Crippen molar-refractivity contribution in [1.29, 1.82) is 0 Å². The molecule has 1 saturated carbocycles. The topological polar surface area (TPSA) is 75.6 Å². The minimum atomic E-state index is -0.875. The Bertz CT molecular complexity index is 483. The van der Waals surface area contributed by atoms with E-state index in [0.29, 0.717) is 24.3 Å². The zero-order valence-corrected chi connectivity index (χ0v) is 11.5. The van der Waals surface area contributed by atoms with Gasteiger partial charge < -0.3 is 15.2 Å². The van der Waals surface area contributed by atoms with Gasteiger partial charge in [-0.15, -0.1) is 0 Å². The number of ether oxygens (including phenoxy) is 1. The van der Waals surface area contributed by atoms with Gasteiger partial charge in [-0.25, -0.2) is 0 Å². The Hall–Kier alpha value is -2.04. The van der Waals surface area contributed by atoms with Gasteiger partial charge in [-0.3, -0.25) is 9.59 Å². The maximum Gasteiger partial charge on any atom is 0.307 e. The molecule has 1 aromatic carbocycles. The molecule has 0 radical (unpaired) electrons. The SMILES string of the molecule is COc1ccc(NC(=O)[C@@H]2CCCC[C@H]2C(=O)O)cc1. The molecular weight excluding hydrogens is 258 g/mol. The first-order chi connectivity index (χ1) is 9.61. The van der Waals surface area contributed by atoms with E-state index in [-0.39, 0.29) is 5.91 Å². The third kappa shape index (κ3) is 3.29. The fraction of sp³-hybridized carbons (Fsp3) is 0.467. The number of hydrogen-bond acceptors (Lipinski definition) is 3. The van der Waals surface area contributed by atoms with Gasteiger partial charge in [0.1, 0.15) is 5.75 Å². The minimum Gasteiger partial charge on any atom is -0.497 e. The van der Waals surface area contributed by atoms with E-state index >= 15 is 0 Å². The zero-order chi connectivity index (χ0) is 14.5. The van der Waals surface area contributed by atoms with Crippen molar-refractivity contribution in [2.24, 2.45) is 11.8 Å². The van der Waals surface area contributed by atoms with Gasteiger partial charge in [0, 0.05) is 5.69 Å². The molecule has 0 bridgehead atoms. The number of hydrogen-bond donors (Lipinski definition) is 2. The monoisotopic (exact) mass is 277 g/mol. The van der Waals surface area contributed by atoms with E-state index in [1.165, 1.54) is 0 Å². The maximum absolute atomic E-state index is 12.2. The van der Waals surface area contributed by atoms with Crippen molar-refractivity contribution in [3.8, 4) is 5.75 Å². The average Bonchev–Trinajstić information content (AvgIpc) is 2.48. The fourth-order valence-electron chi connectivity index (χ4n) is 2.65. The Kier molecular flexibility index (Phi) is 4.61. The molecule has 0 aromatic heterocycles. The Balaban J connectivity index is 2.03. The van der Waals surface area contributed by atoms with Crippen molar-refractivity contribution in [3.63, 3.8) is 0 Å². The quantitative estimate of drug-likeness (QED) is 0.886. The highest BCUT2D eigenvalue weighted by molar-refractivity contribution is 5.95. The molecule has 5 nitrogen and oxygen atoms in total. The van der Waals surface area contributed by atoms with Crippen molar-refractivity contribution >= 4 is 17.6 Å². The van der Waals surface area contributed by atoms with Crippen LogP contribution in [0, 0.1) is 11.8 Å². The number of carboxylic acids is 1. The largest absolute Gasteiger partial charge is 0.497 e. The van der Waals surface area contributed by atoms with E-state index < -0.39 is 17.8 Å². The van der Waals surface area contributed by atoms with Crippen LogP contribution in [0.3, 0.4) is 0 Å². The second-order valence-corrected chi connectivity index (χ2v) is 5.05. The van der Waals surface area contributed by atoms with Gasteiger partial charge in [0.05, 0.1) is 18.9 Å². The second kappa shape index (κ2) is 6.41. The summed E-state index contributed by atoms with van der Waals surface area (Å²) in [7, 11) is 1.58. The molecule has 1 aliphatic carbocycles. The Morgan fingerprint density at radius 1 is 1.15 bits per heavy atom. The summed E-state index contributed by atoms with van der Waals surface area (Å²) in [5, 5.41) is 12.0. The number of rotatable bonds is 4.